The van der Waals surface area contributed by atoms with Gasteiger partial charge in [-0.05, 0) is 25.3 Å². The van der Waals surface area contributed by atoms with Crippen molar-refractivity contribution >= 4 is 11.9 Å². The Morgan fingerprint density at radius 3 is 2.80 bits per heavy atom. The predicted molar refractivity (Wildman–Crippen MR) is 54.0 cm³/mol. The summed E-state index contributed by atoms with van der Waals surface area (Å²) in [6.45, 7) is 0. The van der Waals surface area contributed by atoms with E-state index in [1.165, 1.54) is 0 Å². The molecule has 0 spiro atoms. The third-order valence-corrected chi connectivity index (χ3v) is 2.09. The van der Waals surface area contributed by atoms with Crippen LogP contribution in [0.25, 0.3) is 0 Å². The molecule has 0 aliphatic heterocycles. The molecule has 0 amide bonds. The van der Waals surface area contributed by atoms with Gasteiger partial charge in [-0.15, -0.1) is 0 Å². The minimum absolute atomic E-state index is 0.620. The third kappa shape index (κ3) is 5.00. The number of carbonyl (C=O) groups excluding carboxylic acids is 1. The fourth-order valence-electron chi connectivity index (χ4n) is 1.38. The number of carbonyl (C=O) groups is 2. The second-order valence-electron chi connectivity index (χ2n) is 3.36. The molecule has 15 heavy (non-hydrogen) atoms. The van der Waals surface area contributed by atoms with Crippen LogP contribution >= 0.6 is 0 Å². The Morgan fingerprint density at radius 1 is 1.27 bits per heavy atom. The first kappa shape index (κ1) is 11.5. The van der Waals surface area contributed by atoms with Crippen LogP contribution in [0.5, 0.6) is 0 Å². The van der Waals surface area contributed by atoms with Crippen molar-refractivity contribution in [2.75, 3.05) is 0 Å². The van der Waals surface area contributed by atoms with E-state index in [1.807, 2.05) is 6.08 Å². The van der Waals surface area contributed by atoms with Crippen LogP contribution in [0.2, 0.25) is 0 Å². The average molecular weight is 210 g/mol. The van der Waals surface area contributed by atoms with Crippen LogP contribution in [-0.4, -0.2) is 17.0 Å². The molecule has 0 aromatic carbocycles. The van der Waals surface area contributed by atoms with E-state index >= 15 is 0 Å². The fourth-order valence-corrected chi connectivity index (χ4v) is 1.38. The van der Waals surface area contributed by atoms with Gasteiger partial charge >= 0.3 is 11.9 Å². The van der Waals surface area contributed by atoms with Gasteiger partial charge in [-0.25, -0.2) is 9.59 Å². The highest BCUT2D eigenvalue weighted by Crippen LogP contribution is 2.18. The van der Waals surface area contributed by atoms with Crippen molar-refractivity contribution in [3.63, 3.8) is 0 Å². The number of rotatable bonds is 3. The molecule has 0 saturated carbocycles. The van der Waals surface area contributed by atoms with Crippen molar-refractivity contribution in [2.45, 2.75) is 32.1 Å². The van der Waals surface area contributed by atoms with Crippen LogP contribution in [0.4, 0.5) is 0 Å². The van der Waals surface area contributed by atoms with Gasteiger partial charge in [0.2, 0.25) is 0 Å². The smallest absolute Gasteiger partial charge is 0.336 e. The number of aliphatic carboxylic acids is 1. The quantitative estimate of drug-likeness (QED) is 0.571. The molecule has 0 aromatic heterocycles. The summed E-state index contributed by atoms with van der Waals surface area (Å²) >= 11 is 0. The summed E-state index contributed by atoms with van der Waals surface area (Å²) in [5, 5.41) is 8.30. The molecule has 0 aromatic rings. The first-order chi connectivity index (χ1) is 7.18. The lowest BCUT2D eigenvalue weighted by Crippen LogP contribution is -2.01. The Labute approximate surface area is 88.2 Å². The van der Waals surface area contributed by atoms with Crippen molar-refractivity contribution in [3.8, 4) is 0 Å². The second kappa shape index (κ2) is 6.01. The van der Waals surface area contributed by atoms with Gasteiger partial charge in [0, 0.05) is 18.6 Å². The zero-order valence-electron chi connectivity index (χ0n) is 8.44. The number of hydrogen-bond acceptors (Lipinski definition) is 3. The van der Waals surface area contributed by atoms with Crippen molar-refractivity contribution in [1.82, 2.24) is 0 Å². The normalized spacial score (nSPS) is 16.9. The molecule has 1 rings (SSSR count). The minimum Gasteiger partial charge on any atom is -0.478 e. The number of carboxylic acids is 1. The lowest BCUT2D eigenvalue weighted by molar-refractivity contribution is -0.135. The summed E-state index contributed by atoms with van der Waals surface area (Å²) in [7, 11) is 0. The molecule has 1 aliphatic carbocycles. The molecular weight excluding hydrogens is 196 g/mol. The summed E-state index contributed by atoms with van der Waals surface area (Å²) in [5.74, 6) is -1.11. The Hall–Kier alpha value is -1.58. The zero-order valence-corrected chi connectivity index (χ0v) is 8.44. The zero-order chi connectivity index (χ0) is 11.1. The maximum atomic E-state index is 11.1. The molecule has 1 N–H and O–H groups in total. The molecule has 0 atom stereocenters. The van der Waals surface area contributed by atoms with Crippen LogP contribution in [0.3, 0.4) is 0 Å². The Morgan fingerprint density at radius 2 is 2.07 bits per heavy atom. The Kier molecular flexibility index (Phi) is 4.60. The van der Waals surface area contributed by atoms with Crippen LogP contribution in [0.15, 0.2) is 24.0 Å². The van der Waals surface area contributed by atoms with Gasteiger partial charge in [0.25, 0.3) is 0 Å². The van der Waals surface area contributed by atoms with Crippen molar-refractivity contribution in [1.29, 1.82) is 0 Å². The summed E-state index contributed by atoms with van der Waals surface area (Å²) in [4.78, 5) is 21.3. The molecule has 82 valence electrons. The molecule has 4 nitrogen and oxygen atoms in total. The Balaban J connectivity index is 2.42. The summed E-state index contributed by atoms with van der Waals surface area (Å²) in [6, 6.07) is 0. The number of carboxylic acid groups (broad SMARTS) is 1. The van der Waals surface area contributed by atoms with Crippen molar-refractivity contribution in [3.05, 3.63) is 24.0 Å². The van der Waals surface area contributed by atoms with Crippen molar-refractivity contribution in [2.24, 2.45) is 0 Å². The molecule has 4 heteroatoms. The molecule has 0 fully saturated rings. The van der Waals surface area contributed by atoms with Gasteiger partial charge in [0.1, 0.15) is 5.76 Å². The van der Waals surface area contributed by atoms with Gasteiger partial charge in [-0.1, -0.05) is 6.42 Å². The second-order valence-corrected chi connectivity index (χ2v) is 3.36. The average Bonchev–Trinajstić information content (AvgIpc) is 2.43. The molecule has 0 bridgehead atoms. The lowest BCUT2D eigenvalue weighted by Gasteiger charge is -2.03. The van der Waals surface area contributed by atoms with E-state index in [-0.39, 0.29) is 0 Å². The summed E-state index contributed by atoms with van der Waals surface area (Å²) < 4.78 is 4.99. The maximum absolute atomic E-state index is 11.1. The van der Waals surface area contributed by atoms with Gasteiger partial charge in [-0.3, -0.25) is 0 Å². The SMILES string of the molecule is O=C(O)/C=C\C(=O)OC1=CCCCCC1. The van der Waals surface area contributed by atoms with E-state index in [4.69, 9.17) is 9.84 Å². The number of allylic oxidation sites excluding steroid dienone is 2. The molecule has 0 heterocycles. The summed E-state index contributed by atoms with van der Waals surface area (Å²) in [6.07, 6.45) is 8.56. The predicted octanol–water partition coefficient (Wildman–Crippen LogP) is 2.02. The van der Waals surface area contributed by atoms with E-state index < -0.39 is 11.9 Å². The first-order valence-corrected chi connectivity index (χ1v) is 5.00. The van der Waals surface area contributed by atoms with Crippen LogP contribution in [0, 0.1) is 0 Å². The third-order valence-electron chi connectivity index (χ3n) is 2.09. The van der Waals surface area contributed by atoms with Gasteiger partial charge in [0.05, 0.1) is 0 Å². The standard InChI is InChI=1S/C11H14O4/c12-10(13)7-8-11(14)15-9-5-3-1-2-4-6-9/h5,7-8H,1-4,6H2,(H,12,13)/b8-7-. The van der Waals surface area contributed by atoms with E-state index in [1.54, 1.807) is 0 Å². The van der Waals surface area contributed by atoms with Crippen LogP contribution in [-0.2, 0) is 14.3 Å². The fraction of sp³-hybridized carbons (Fsp3) is 0.455. The van der Waals surface area contributed by atoms with E-state index in [0.717, 1.165) is 44.3 Å². The first-order valence-electron chi connectivity index (χ1n) is 5.00. The van der Waals surface area contributed by atoms with Gasteiger partial charge in [0.15, 0.2) is 0 Å². The number of hydrogen-bond donors (Lipinski definition) is 1. The molecule has 0 saturated heterocycles. The topological polar surface area (TPSA) is 63.6 Å². The lowest BCUT2D eigenvalue weighted by atomic mass is 10.2. The van der Waals surface area contributed by atoms with Crippen molar-refractivity contribution < 1.29 is 19.4 Å². The molecule has 0 radical (unpaired) electrons. The minimum atomic E-state index is -1.15. The highest BCUT2D eigenvalue weighted by Gasteiger charge is 2.07. The largest absolute Gasteiger partial charge is 0.478 e. The van der Waals surface area contributed by atoms with Gasteiger partial charge in [-0.2, -0.15) is 0 Å². The van der Waals surface area contributed by atoms with Crippen LogP contribution in [0.1, 0.15) is 32.1 Å². The monoisotopic (exact) mass is 210 g/mol. The molecule has 1 aliphatic rings. The van der Waals surface area contributed by atoms with E-state index in [9.17, 15) is 9.59 Å². The van der Waals surface area contributed by atoms with Gasteiger partial charge < -0.3 is 9.84 Å². The maximum Gasteiger partial charge on any atom is 0.336 e. The van der Waals surface area contributed by atoms with Crippen LogP contribution < -0.4 is 0 Å². The number of esters is 1. The Bertz CT molecular complexity index is 302. The molecular formula is C11H14O4. The highest BCUT2D eigenvalue weighted by molar-refractivity contribution is 5.91. The molecule has 0 unspecified atom stereocenters. The highest BCUT2D eigenvalue weighted by atomic mass is 16.5. The van der Waals surface area contributed by atoms with E-state index in [2.05, 4.69) is 0 Å². The van der Waals surface area contributed by atoms with E-state index in [0.29, 0.717) is 5.76 Å². The number of ether oxygens (including phenoxy) is 1. The summed E-state index contributed by atoms with van der Waals surface area (Å²) in [5.41, 5.74) is 0.